The molecule has 18 heavy (non-hydrogen) atoms. The quantitative estimate of drug-likeness (QED) is 0.706. The maximum Gasteiger partial charge on any atom is 0.245 e. The number of unbranched alkanes of at least 4 members (excludes halogenated alkanes) is 3. The molecule has 0 aromatic heterocycles. The van der Waals surface area contributed by atoms with Gasteiger partial charge in [-0.3, -0.25) is 9.59 Å². The fourth-order valence-electron chi connectivity index (χ4n) is 2.27. The number of rotatable bonds is 7. The van der Waals surface area contributed by atoms with Gasteiger partial charge in [-0.25, -0.2) is 0 Å². The summed E-state index contributed by atoms with van der Waals surface area (Å²) in [6, 6.07) is -0.354. The van der Waals surface area contributed by atoms with Crippen LogP contribution in [0, 0.1) is 5.92 Å². The van der Waals surface area contributed by atoms with Gasteiger partial charge in [0.1, 0.15) is 6.04 Å². The van der Waals surface area contributed by atoms with Crippen molar-refractivity contribution in [1.29, 1.82) is 0 Å². The molecular weight excluding hydrogens is 228 g/mol. The van der Waals surface area contributed by atoms with Crippen molar-refractivity contribution >= 4 is 11.8 Å². The molecule has 1 aliphatic heterocycles. The van der Waals surface area contributed by atoms with E-state index in [-0.39, 0.29) is 24.4 Å². The number of nitrogens with zero attached hydrogens (tertiary/aromatic N) is 1. The van der Waals surface area contributed by atoms with E-state index in [1.165, 1.54) is 19.3 Å². The monoisotopic (exact) mass is 254 g/mol. The third-order valence-electron chi connectivity index (χ3n) is 3.35. The SMILES string of the molecule is CC(C)CCCCCCN1CC(=O)NC(C)C1=O. The van der Waals surface area contributed by atoms with Crippen molar-refractivity contribution in [2.45, 2.75) is 58.9 Å². The first-order valence-corrected chi connectivity index (χ1v) is 7.09. The Morgan fingerprint density at radius 1 is 1.22 bits per heavy atom. The average Bonchev–Trinajstić information content (AvgIpc) is 2.29. The Bertz CT molecular complexity index is 290. The van der Waals surface area contributed by atoms with Gasteiger partial charge in [-0.15, -0.1) is 0 Å². The van der Waals surface area contributed by atoms with Crippen LogP contribution in [0.3, 0.4) is 0 Å². The van der Waals surface area contributed by atoms with Crippen LogP contribution in [-0.2, 0) is 9.59 Å². The Morgan fingerprint density at radius 3 is 2.56 bits per heavy atom. The third kappa shape index (κ3) is 5.07. The summed E-state index contributed by atoms with van der Waals surface area (Å²) in [5.41, 5.74) is 0. The summed E-state index contributed by atoms with van der Waals surface area (Å²) in [6.45, 7) is 7.18. The molecule has 4 heteroatoms. The van der Waals surface area contributed by atoms with Gasteiger partial charge in [0.05, 0.1) is 6.54 Å². The van der Waals surface area contributed by atoms with Crippen molar-refractivity contribution in [2.75, 3.05) is 13.1 Å². The number of carbonyl (C=O) groups is 2. The van der Waals surface area contributed by atoms with Gasteiger partial charge in [-0.05, 0) is 19.3 Å². The molecule has 1 fully saturated rings. The van der Waals surface area contributed by atoms with Crippen LogP contribution >= 0.6 is 0 Å². The van der Waals surface area contributed by atoms with Crippen LogP contribution in [0.2, 0.25) is 0 Å². The molecule has 1 unspecified atom stereocenters. The molecule has 1 aliphatic rings. The lowest BCUT2D eigenvalue weighted by Gasteiger charge is -2.30. The number of carbonyl (C=O) groups excluding carboxylic acids is 2. The van der Waals surface area contributed by atoms with E-state index in [2.05, 4.69) is 19.2 Å². The smallest absolute Gasteiger partial charge is 0.245 e. The molecule has 4 nitrogen and oxygen atoms in total. The fourth-order valence-corrected chi connectivity index (χ4v) is 2.27. The number of piperazine rings is 1. The normalized spacial score (nSPS) is 20.4. The highest BCUT2D eigenvalue weighted by molar-refractivity contribution is 5.94. The number of hydrogen-bond donors (Lipinski definition) is 1. The lowest BCUT2D eigenvalue weighted by atomic mass is 10.0. The van der Waals surface area contributed by atoms with Crippen LogP contribution < -0.4 is 5.32 Å². The Hall–Kier alpha value is -1.06. The Kier molecular flexibility index (Phi) is 6.16. The molecule has 1 saturated heterocycles. The second kappa shape index (κ2) is 7.39. The van der Waals surface area contributed by atoms with Gasteiger partial charge in [-0.2, -0.15) is 0 Å². The molecule has 0 radical (unpaired) electrons. The van der Waals surface area contributed by atoms with Crippen molar-refractivity contribution in [2.24, 2.45) is 5.92 Å². The van der Waals surface area contributed by atoms with Crippen LogP contribution in [0.25, 0.3) is 0 Å². The van der Waals surface area contributed by atoms with Crippen LogP contribution in [0.4, 0.5) is 0 Å². The van der Waals surface area contributed by atoms with Crippen molar-refractivity contribution in [3.63, 3.8) is 0 Å². The van der Waals surface area contributed by atoms with Crippen molar-refractivity contribution in [3.05, 3.63) is 0 Å². The first-order valence-electron chi connectivity index (χ1n) is 7.09. The molecule has 0 aliphatic carbocycles. The summed E-state index contributed by atoms with van der Waals surface area (Å²) in [7, 11) is 0. The Labute approximate surface area is 110 Å². The zero-order valence-electron chi connectivity index (χ0n) is 11.9. The molecule has 1 heterocycles. The highest BCUT2D eigenvalue weighted by Gasteiger charge is 2.28. The zero-order chi connectivity index (χ0) is 13.5. The van der Waals surface area contributed by atoms with E-state index >= 15 is 0 Å². The fraction of sp³-hybridized carbons (Fsp3) is 0.857. The van der Waals surface area contributed by atoms with Crippen LogP contribution in [0.15, 0.2) is 0 Å². The van der Waals surface area contributed by atoms with E-state index in [4.69, 9.17) is 0 Å². The maximum absolute atomic E-state index is 11.8. The van der Waals surface area contributed by atoms with E-state index < -0.39 is 0 Å². The first-order chi connectivity index (χ1) is 8.50. The van der Waals surface area contributed by atoms with Crippen molar-refractivity contribution in [1.82, 2.24) is 10.2 Å². The first kappa shape index (κ1) is 15.0. The third-order valence-corrected chi connectivity index (χ3v) is 3.35. The van der Waals surface area contributed by atoms with Gasteiger partial charge in [0.15, 0.2) is 0 Å². The summed E-state index contributed by atoms with van der Waals surface area (Å²) in [6.07, 6.45) is 5.92. The molecule has 104 valence electrons. The molecule has 0 bridgehead atoms. The second-order valence-electron chi connectivity index (χ2n) is 5.65. The van der Waals surface area contributed by atoms with Gasteiger partial charge in [0.2, 0.25) is 11.8 Å². The predicted octanol–water partition coefficient (Wildman–Crippen LogP) is 1.94. The van der Waals surface area contributed by atoms with E-state index in [1.54, 1.807) is 11.8 Å². The average molecular weight is 254 g/mol. The summed E-state index contributed by atoms with van der Waals surface area (Å²) in [5, 5.41) is 2.65. The van der Waals surface area contributed by atoms with Gasteiger partial charge >= 0.3 is 0 Å². The van der Waals surface area contributed by atoms with Crippen molar-refractivity contribution in [3.8, 4) is 0 Å². The van der Waals surface area contributed by atoms with Gasteiger partial charge in [0.25, 0.3) is 0 Å². The molecule has 0 aromatic carbocycles. The molecule has 1 rings (SSSR count). The van der Waals surface area contributed by atoms with Gasteiger partial charge in [0, 0.05) is 6.54 Å². The predicted molar refractivity (Wildman–Crippen MR) is 72.1 cm³/mol. The van der Waals surface area contributed by atoms with E-state index in [0.717, 1.165) is 25.3 Å². The molecular formula is C14H26N2O2. The topological polar surface area (TPSA) is 49.4 Å². The van der Waals surface area contributed by atoms with Crippen molar-refractivity contribution < 1.29 is 9.59 Å². The van der Waals surface area contributed by atoms with Crippen LogP contribution in [-0.4, -0.2) is 35.8 Å². The minimum absolute atomic E-state index is 0.0399. The standard InChI is InChI=1S/C14H26N2O2/c1-11(2)8-6-4-5-7-9-16-10-13(17)15-12(3)14(16)18/h11-12H,4-10H2,1-3H3,(H,15,17). The Balaban J connectivity index is 2.14. The van der Waals surface area contributed by atoms with E-state index in [1.807, 2.05) is 0 Å². The molecule has 0 aromatic rings. The summed E-state index contributed by atoms with van der Waals surface area (Å²) in [5.74, 6) is 0.789. The Morgan fingerprint density at radius 2 is 1.89 bits per heavy atom. The lowest BCUT2D eigenvalue weighted by molar-refractivity contribution is -0.143. The summed E-state index contributed by atoms with van der Waals surface area (Å²) < 4.78 is 0. The van der Waals surface area contributed by atoms with Gasteiger partial charge < -0.3 is 10.2 Å². The van der Waals surface area contributed by atoms with E-state index in [0.29, 0.717) is 0 Å². The maximum atomic E-state index is 11.8. The summed E-state index contributed by atoms with van der Waals surface area (Å²) in [4.78, 5) is 24.8. The molecule has 2 amide bonds. The van der Waals surface area contributed by atoms with Gasteiger partial charge in [-0.1, -0.05) is 39.5 Å². The van der Waals surface area contributed by atoms with Crippen LogP contribution in [0.1, 0.15) is 52.9 Å². The highest BCUT2D eigenvalue weighted by Crippen LogP contribution is 2.11. The minimum Gasteiger partial charge on any atom is -0.343 e. The molecule has 1 N–H and O–H groups in total. The minimum atomic E-state index is -0.354. The molecule has 1 atom stereocenters. The number of hydrogen-bond acceptors (Lipinski definition) is 2. The zero-order valence-corrected chi connectivity index (χ0v) is 11.9. The molecule has 0 spiro atoms. The molecule has 0 saturated carbocycles. The van der Waals surface area contributed by atoms with Crippen LogP contribution in [0.5, 0.6) is 0 Å². The summed E-state index contributed by atoms with van der Waals surface area (Å²) >= 11 is 0. The second-order valence-corrected chi connectivity index (χ2v) is 5.65. The number of nitrogens with one attached hydrogen (secondary N) is 1. The highest BCUT2D eigenvalue weighted by atomic mass is 16.2. The van der Waals surface area contributed by atoms with E-state index in [9.17, 15) is 9.59 Å². The number of amides is 2. The lowest BCUT2D eigenvalue weighted by Crippen LogP contribution is -2.56. The largest absolute Gasteiger partial charge is 0.343 e.